The molecule has 3 saturated heterocycles. The molecule has 3 aliphatic rings. The summed E-state index contributed by atoms with van der Waals surface area (Å²) in [5.41, 5.74) is 0.767. The molecule has 2 unspecified atom stereocenters. The second-order valence-corrected chi connectivity index (χ2v) is 10.4. The van der Waals surface area contributed by atoms with Crippen molar-refractivity contribution in [3.05, 3.63) is 29.3 Å². The summed E-state index contributed by atoms with van der Waals surface area (Å²) in [6.07, 6.45) is 3.01. The highest BCUT2D eigenvalue weighted by atomic mass is 16.5. The fourth-order valence-electron chi connectivity index (χ4n) is 6.59. The van der Waals surface area contributed by atoms with Crippen molar-refractivity contribution in [1.29, 1.82) is 0 Å². The SMILES string of the molecule is CCCNC(=O)[C@H]1[C@H]2C(=O)N([C@@H](CC)CO)C(C(=O)Nc3cc(C)ccc3C)C23CC[C@]1(CC)O3. The van der Waals surface area contributed by atoms with Crippen LogP contribution < -0.4 is 10.6 Å². The number of carbonyl (C=O) groups excluding carboxylic acids is 3. The smallest absolute Gasteiger partial charge is 0.250 e. The van der Waals surface area contributed by atoms with Crippen LogP contribution in [0.3, 0.4) is 0 Å². The number of amides is 3. The zero-order valence-corrected chi connectivity index (χ0v) is 21.5. The molecule has 35 heavy (non-hydrogen) atoms. The predicted molar refractivity (Wildman–Crippen MR) is 133 cm³/mol. The van der Waals surface area contributed by atoms with Crippen LogP contribution in [0.2, 0.25) is 0 Å². The average molecular weight is 486 g/mol. The van der Waals surface area contributed by atoms with E-state index in [2.05, 4.69) is 10.6 Å². The van der Waals surface area contributed by atoms with Gasteiger partial charge >= 0.3 is 0 Å². The van der Waals surface area contributed by atoms with Gasteiger partial charge in [-0.25, -0.2) is 0 Å². The molecule has 1 spiro atoms. The van der Waals surface area contributed by atoms with Crippen LogP contribution in [0, 0.1) is 25.7 Å². The van der Waals surface area contributed by atoms with Crippen molar-refractivity contribution < 1.29 is 24.2 Å². The zero-order chi connectivity index (χ0) is 25.5. The molecule has 3 heterocycles. The maximum Gasteiger partial charge on any atom is 0.250 e. The molecule has 6 atom stereocenters. The highest BCUT2D eigenvalue weighted by molar-refractivity contribution is 6.04. The molecule has 1 aromatic carbocycles. The number of aryl methyl sites for hydroxylation is 2. The van der Waals surface area contributed by atoms with Gasteiger partial charge in [0, 0.05) is 12.2 Å². The van der Waals surface area contributed by atoms with Crippen molar-refractivity contribution >= 4 is 23.4 Å². The lowest BCUT2D eigenvalue weighted by molar-refractivity contribution is -0.149. The van der Waals surface area contributed by atoms with Crippen molar-refractivity contribution in [2.45, 2.75) is 90.0 Å². The number of rotatable bonds is 9. The molecule has 3 N–H and O–H groups in total. The second kappa shape index (κ2) is 9.54. The van der Waals surface area contributed by atoms with Gasteiger partial charge in [0.05, 0.1) is 30.1 Å². The Morgan fingerprint density at radius 2 is 1.94 bits per heavy atom. The molecular formula is C27H39N3O5. The molecule has 2 bridgehead atoms. The van der Waals surface area contributed by atoms with Gasteiger partial charge in [-0.1, -0.05) is 32.9 Å². The first kappa shape index (κ1) is 25.6. The summed E-state index contributed by atoms with van der Waals surface area (Å²) in [4.78, 5) is 42.9. The lowest BCUT2D eigenvalue weighted by Crippen LogP contribution is -2.56. The minimum absolute atomic E-state index is 0.179. The molecule has 3 fully saturated rings. The first-order chi connectivity index (χ1) is 16.7. The van der Waals surface area contributed by atoms with E-state index in [0.29, 0.717) is 37.9 Å². The standard InChI is InChI=1S/C27H39N3O5/c1-6-13-28-23(32)20-21-25(34)30(18(7-2)15-31)22(27(21)12-11-26(20,8-3)35-27)24(33)29-19-14-16(4)9-10-17(19)5/h9-10,14,18,20-22,31H,6-8,11-13,15H2,1-5H3,(H,28,32)(H,29,33)/t18-,20+,21-,22?,26-,27?/m0/s1. The summed E-state index contributed by atoms with van der Waals surface area (Å²) in [5.74, 6) is -2.18. The Hall–Kier alpha value is -2.45. The molecule has 8 nitrogen and oxygen atoms in total. The lowest BCUT2D eigenvalue weighted by atomic mass is 9.65. The molecule has 0 radical (unpaired) electrons. The van der Waals surface area contributed by atoms with Crippen LogP contribution in [0.4, 0.5) is 5.69 Å². The number of likely N-dealkylation sites (tertiary alicyclic amines) is 1. The highest BCUT2D eigenvalue weighted by Crippen LogP contribution is 2.64. The van der Waals surface area contributed by atoms with Gasteiger partial charge in [0.15, 0.2) is 0 Å². The van der Waals surface area contributed by atoms with Gasteiger partial charge in [-0.2, -0.15) is 0 Å². The number of anilines is 1. The summed E-state index contributed by atoms with van der Waals surface area (Å²) in [6.45, 7) is 10.0. The summed E-state index contributed by atoms with van der Waals surface area (Å²) in [6, 6.07) is 4.39. The number of aliphatic hydroxyl groups excluding tert-OH is 1. The number of benzene rings is 1. The van der Waals surface area contributed by atoms with E-state index in [1.807, 2.05) is 52.8 Å². The van der Waals surface area contributed by atoms with Gasteiger partial charge in [0.2, 0.25) is 17.7 Å². The Morgan fingerprint density at radius 1 is 1.20 bits per heavy atom. The summed E-state index contributed by atoms with van der Waals surface area (Å²) < 4.78 is 6.73. The normalized spacial score (nSPS) is 32.0. The number of hydrogen-bond donors (Lipinski definition) is 3. The van der Waals surface area contributed by atoms with Crippen molar-refractivity contribution in [2.24, 2.45) is 11.8 Å². The second-order valence-electron chi connectivity index (χ2n) is 10.4. The first-order valence-corrected chi connectivity index (χ1v) is 13.0. The maximum absolute atomic E-state index is 14.0. The lowest BCUT2D eigenvalue weighted by Gasteiger charge is -2.37. The molecule has 0 aliphatic carbocycles. The number of hydrogen-bond acceptors (Lipinski definition) is 5. The van der Waals surface area contributed by atoms with Crippen molar-refractivity contribution in [1.82, 2.24) is 10.2 Å². The largest absolute Gasteiger partial charge is 0.394 e. The Bertz CT molecular complexity index is 1010. The van der Waals surface area contributed by atoms with Crippen LogP contribution in [0.1, 0.15) is 64.0 Å². The fraction of sp³-hybridized carbons (Fsp3) is 0.667. The van der Waals surface area contributed by atoms with E-state index < -0.39 is 35.1 Å². The molecule has 4 rings (SSSR count). The molecule has 0 aromatic heterocycles. The van der Waals surface area contributed by atoms with Gasteiger partial charge < -0.3 is 25.4 Å². The van der Waals surface area contributed by atoms with Crippen LogP contribution in [0.5, 0.6) is 0 Å². The third kappa shape index (κ3) is 3.85. The highest BCUT2D eigenvalue weighted by Gasteiger charge is 2.79. The monoisotopic (exact) mass is 485 g/mol. The van der Waals surface area contributed by atoms with E-state index in [4.69, 9.17) is 4.74 Å². The van der Waals surface area contributed by atoms with Gasteiger partial charge in [0.25, 0.3) is 0 Å². The van der Waals surface area contributed by atoms with Gasteiger partial charge in [-0.3, -0.25) is 14.4 Å². The van der Waals surface area contributed by atoms with Gasteiger partial charge in [-0.05, 0) is 63.1 Å². The number of fused-ring (bicyclic) bond motifs is 1. The summed E-state index contributed by atoms with van der Waals surface area (Å²) in [5, 5.41) is 16.2. The first-order valence-electron chi connectivity index (χ1n) is 13.0. The third-order valence-electron chi connectivity index (χ3n) is 8.43. The Balaban J connectivity index is 1.78. The summed E-state index contributed by atoms with van der Waals surface area (Å²) >= 11 is 0. The van der Waals surface area contributed by atoms with E-state index in [0.717, 1.165) is 17.5 Å². The molecule has 0 saturated carbocycles. The topological polar surface area (TPSA) is 108 Å². The Kier molecular flexibility index (Phi) is 6.99. The summed E-state index contributed by atoms with van der Waals surface area (Å²) in [7, 11) is 0. The molecule has 3 amide bonds. The zero-order valence-electron chi connectivity index (χ0n) is 21.5. The van der Waals surface area contributed by atoms with Crippen LogP contribution in [0.15, 0.2) is 18.2 Å². The van der Waals surface area contributed by atoms with E-state index in [9.17, 15) is 19.5 Å². The number of nitrogens with one attached hydrogen (secondary N) is 2. The van der Waals surface area contributed by atoms with Gasteiger partial charge in [0.1, 0.15) is 11.6 Å². The van der Waals surface area contributed by atoms with Gasteiger partial charge in [-0.15, -0.1) is 0 Å². The van der Waals surface area contributed by atoms with E-state index in [1.165, 1.54) is 4.90 Å². The molecular weight excluding hydrogens is 446 g/mol. The number of ether oxygens (including phenoxy) is 1. The molecule has 3 aliphatic heterocycles. The van der Waals surface area contributed by atoms with Crippen molar-refractivity contribution in [3.8, 4) is 0 Å². The van der Waals surface area contributed by atoms with E-state index in [1.54, 1.807) is 0 Å². The van der Waals surface area contributed by atoms with Crippen LogP contribution in [0.25, 0.3) is 0 Å². The minimum atomic E-state index is -1.09. The average Bonchev–Trinajstić information content (AvgIpc) is 3.45. The number of aliphatic hydroxyl groups is 1. The number of nitrogens with zero attached hydrogens (tertiary/aromatic N) is 1. The predicted octanol–water partition coefficient (Wildman–Crippen LogP) is 2.69. The third-order valence-corrected chi connectivity index (χ3v) is 8.43. The maximum atomic E-state index is 14.0. The van der Waals surface area contributed by atoms with Crippen molar-refractivity contribution in [3.63, 3.8) is 0 Å². The molecule has 192 valence electrons. The molecule has 1 aromatic rings. The quantitative estimate of drug-likeness (QED) is 0.499. The van der Waals surface area contributed by atoms with Crippen LogP contribution in [-0.4, -0.2) is 64.2 Å². The minimum Gasteiger partial charge on any atom is -0.394 e. The van der Waals surface area contributed by atoms with E-state index in [-0.39, 0.29) is 24.3 Å². The Labute approximate surface area is 207 Å². The van der Waals surface area contributed by atoms with E-state index >= 15 is 0 Å². The number of carbonyl (C=O) groups is 3. The van der Waals surface area contributed by atoms with Crippen LogP contribution >= 0.6 is 0 Å². The Morgan fingerprint density at radius 3 is 2.57 bits per heavy atom. The van der Waals surface area contributed by atoms with Crippen LogP contribution in [-0.2, 0) is 19.1 Å². The van der Waals surface area contributed by atoms with Crippen molar-refractivity contribution in [2.75, 3.05) is 18.5 Å². The fourth-order valence-corrected chi connectivity index (χ4v) is 6.59. The molecule has 8 heteroatoms.